The minimum absolute atomic E-state index is 0.0646. The maximum atomic E-state index is 12.1. The first kappa shape index (κ1) is 20.1. The minimum Gasteiger partial charge on any atom is -0.456 e. The number of esters is 2. The lowest BCUT2D eigenvalue weighted by Gasteiger charge is -2.23. The van der Waals surface area contributed by atoms with Gasteiger partial charge in [-0.3, -0.25) is 23.9 Å². The molecule has 1 aliphatic heterocycles. The van der Waals surface area contributed by atoms with Crippen LogP contribution in [-0.4, -0.2) is 61.3 Å². The topological polar surface area (TPSA) is 151 Å². The van der Waals surface area contributed by atoms with Gasteiger partial charge in [0.1, 0.15) is 6.10 Å². The number of hydrogen-bond acceptors (Lipinski definition) is 10. The second-order valence-electron chi connectivity index (χ2n) is 6.15. The maximum Gasteiger partial charge on any atom is 0.303 e. The summed E-state index contributed by atoms with van der Waals surface area (Å²) in [7, 11) is 0. The number of nitrogens with two attached hydrogens (primary N) is 1. The van der Waals surface area contributed by atoms with Crippen LogP contribution < -0.4 is 11.3 Å². The zero-order chi connectivity index (χ0) is 20.4. The molecule has 4 atom stereocenters. The zero-order valence-corrected chi connectivity index (χ0v) is 16.4. The molecule has 0 radical (unpaired) electrons. The third-order valence-electron chi connectivity index (χ3n) is 4.10. The van der Waals surface area contributed by atoms with E-state index in [0.29, 0.717) is 5.75 Å². The van der Waals surface area contributed by atoms with Gasteiger partial charge in [0.05, 0.1) is 6.33 Å². The molecule has 1 saturated heterocycles. The van der Waals surface area contributed by atoms with Crippen molar-refractivity contribution >= 4 is 40.8 Å². The van der Waals surface area contributed by atoms with E-state index in [1.165, 1.54) is 24.7 Å². The molecule has 2 aromatic rings. The van der Waals surface area contributed by atoms with Crippen LogP contribution in [0.2, 0.25) is 0 Å². The Labute approximate surface area is 163 Å². The van der Waals surface area contributed by atoms with Crippen molar-refractivity contribution < 1.29 is 23.8 Å². The van der Waals surface area contributed by atoms with Crippen LogP contribution in [0.3, 0.4) is 0 Å². The number of imidazole rings is 1. The third-order valence-corrected chi connectivity index (χ3v) is 5.07. The number of thioether (sulfide) groups is 1. The fourth-order valence-electron chi connectivity index (χ4n) is 3.08. The molecule has 0 spiro atoms. The van der Waals surface area contributed by atoms with Gasteiger partial charge < -0.3 is 19.9 Å². The molecule has 0 saturated carbocycles. The summed E-state index contributed by atoms with van der Waals surface area (Å²) in [5, 5.41) is 0. The molecule has 3 heterocycles. The highest BCUT2D eigenvalue weighted by atomic mass is 32.2. The van der Waals surface area contributed by atoms with Gasteiger partial charge in [0.25, 0.3) is 5.56 Å². The molecule has 152 valence electrons. The predicted octanol–water partition coefficient (Wildman–Crippen LogP) is 0.216. The van der Waals surface area contributed by atoms with Crippen molar-refractivity contribution in [3.8, 4) is 0 Å². The lowest BCUT2D eigenvalue weighted by Crippen LogP contribution is -2.39. The van der Waals surface area contributed by atoms with E-state index >= 15 is 0 Å². The molecule has 0 aliphatic carbocycles. The number of aromatic nitrogens is 4. The Hall–Kier alpha value is -2.60. The maximum absolute atomic E-state index is 12.1. The molecular weight excluding hydrogens is 390 g/mol. The molecule has 3 N–H and O–H groups in total. The number of anilines is 1. The molecule has 0 amide bonds. The van der Waals surface area contributed by atoms with Crippen LogP contribution in [0.5, 0.6) is 0 Å². The van der Waals surface area contributed by atoms with Crippen LogP contribution in [0.1, 0.15) is 27.0 Å². The molecule has 3 rings (SSSR count). The van der Waals surface area contributed by atoms with Crippen molar-refractivity contribution in [3.63, 3.8) is 0 Å². The molecule has 1 fully saturated rings. The van der Waals surface area contributed by atoms with Crippen LogP contribution >= 0.6 is 11.8 Å². The van der Waals surface area contributed by atoms with Crippen molar-refractivity contribution in [1.29, 1.82) is 0 Å². The second-order valence-corrected chi connectivity index (χ2v) is 7.47. The molecule has 1 aliphatic rings. The summed E-state index contributed by atoms with van der Waals surface area (Å²) in [6.07, 6.45) is -1.83. The van der Waals surface area contributed by atoms with Gasteiger partial charge in [-0.25, -0.2) is 4.98 Å². The highest BCUT2D eigenvalue weighted by Crippen LogP contribution is 2.36. The largest absolute Gasteiger partial charge is 0.456 e. The summed E-state index contributed by atoms with van der Waals surface area (Å²) in [5.41, 5.74) is 5.38. The van der Waals surface area contributed by atoms with Crippen LogP contribution in [0.4, 0.5) is 5.95 Å². The van der Waals surface area contributed by atoms with E-state index in [-0.39, 0.29) is 17.1 Å². The molecule has 0 aromatic carbocycles. The lowest BCUT2D eigenvalue weighted by molar-refractivity contribution is -0.165. The minimum atomic E-state index is -0.941. The number of carbonyl (C=O) groups is 2. The summed E-state index contributed by atoms with van der Waals surface area (Å²) < 4.78 is 18.4. The normalized spacial score (nSPS) is 24.4. The summed E-state index contributed by atoms with van der Waals surface area (Å²) in [4.78, 5) is 45.9. The Morgan fingerprint density at radius 1 is 1.32 bits per heavy atom. The van der Waals surface area contributed by atoms with Crippen LogP contribution in [0.15, 0.2) is 11.1 Å². The average molecular weight is 411 g/mol. The van der Waals surface area contributed by atoms with Gasteiger partial charge in [0, 0.05) is 19.6 Å². The van der Waals surface area contributed by atoms with Gasteiger partial charge in [-0.05, 0) is 5.75 Å². The first-order valence-electron chi connectivity index (χ1n) is 8.61. The van der Waals surface area contributed by atoms with Gasteiger partial charge >= 0.3 is 11.9 Å². The highest BCUT2D eigenvalue weighted by molar-refractivity contribution is 7.99. The highest BCUT2D eigenvalue weighted by Gasteiger charge is 2.50. The number of nitrogen functional groups attached to an aromatic ring is 1. The van der Waals surface area contributed by atoms with E-state index < -0.39 is 42.0 Å². The van der Waals surface area contributed by atoms with Crippen LogP contribution in [0.25, 0.3) is 11.2 Å². The quantitative estimate of drug-likeness (QED) is 0.631. The van der Waals surface area contributed by atoms with E-state index in [2.05, 4.69) is 15.0 Å². The fourth-order valence-corrected chi connectivity index (χ4v) is 3.82. The van der Waals surface area contributed by atoms with E-state index in [4.69, 9.17) is 19.9 Å². The number of ether oxygens (including phenoxy) is 3. The van der Waals surface area contributed by atoms with Crippen molar-refractivity contribution in [2.24, 2.45) is 0 Å². The first-order valence-corrected chi connectivity index (χ1v) is 9.77. The van der Waals surface area contributed by atoms with Crippen molar-refractivity contribution in [1.82, 2.24) is 19.5 Å². The number of rotatable bonds is 6. The number of nitrogens with zero attached hydrogens (tertiary/aromatic N) is 3. The lowest BCUT2D eigenvalue weighted by atomic mass is 10.1. The number of carbonyl (C=O) groups excluding carboxylic acids is 2. The average Bonchev–Trinajstić information content (AvgIpc) is 3.15. The number of aromatic amines is 1. The fraction of sp³-hybridized carbons (Fsp3) is 0.562. The van der Waals surface area contributed by atoms with E-state index in [1.54, 1.807) is 11.8 Å². The van der Waals surface area contributed by atoms with Crippen molar-refractivity contribution in [2.45, 2.75) is 45.3 Å². The van der Waals surface area contributed by atoms with Crippen molar-refractivity contribution in [2.75, 3.05) is 17.2 Å². The monoisotopic (exact) mass is 411 g/mol. The Balaban J connectivity index is 2.05. The molecular formula is C16H21N5O6S. The predicted molar refractivity (Wildman–Crippen MR) is 101 cm³/mol. The molecule has 2 aromatic heterocycles. The molecule has 11 nitrogen and oxygen atoms in total. The Morgan fingerprint density at radius 2 is 2.00 bits per heavy atom. The number of hydrogen-bond donors (Lipinski definition) is 2. The molecule has 12 heteroatoms. The molecule has 0 bridgehead atoms. The van der Waals surface area contributed by atoms with E-state index in [0.717, 1.165) is 5.75 Å². The van der Waals surface area contributed by atoms with E-state index in [9.17, 15) is 14.4 Å². The Morgan fingerprint density at radius 3 is 2.64 bits per heavy atom. The van der Waals surface area contributed by atoms with Gasteiger partial charge in [0.15, 0.2) is 29.6 Å². The zero-order valence-electron chi connectivity index (χ0n) is 15.6. The van der Waals surface area contributed by atoms with E-state index in [1.807, 2.05) is 6.92 Å². The van der Waals surface area contributed by atoms with Crippen molar-refractivity contribution in [3.05, 3.63) is 16.7 Å². The Kier molecular flexibility index (Phi) is 5.89. The summed E-state index contributed by atoms with van der Waals surface area (Å²) in [5.74, 6) is 0.181. The third kappa shape index (κ3) is 3.97. The summed E-state index contributed by atoms with van der Waals surface area (Å²) >= 11 is 1.59. The molecule has 28 heavy (non-hydrogen) atoms. The summed E-state index contributed by atoms with van der Waals surface area (Å²) in [6, 6.07) is 0. The summed E-state index contributed by atoms with van der Waals surface area (Å²) in [6.45, 7) is 4.52. The van der Waals surface area contributed by atoms with Gasteiger partial charge in [-0.15, -0.1) is 0 Å². The first-order chi connectivity index (χ1) is 13.3. The Bertz CT molecular complexity index is 943. The number of H-pyrrole nitrogens is 1. The number of fused-ring (bicyclic) bond motifs is 1. The van der Waals surface area contributed by atoms with Crippen LogP contribution in [-0.2, 0) is 23.8 Å². The second kappa shape index (κ2) is 8.19. The van der Waals surface area contributed by atoms with Gasteiger partial charge in [-0.2, -0.15) is 16.7 Å². The van der Waals surface area contributed by atoms with Gasteiger partial charge in [0.2, 0.25) is 5.95 Å². The van der Waals surface area contributed by atoms with Crippen LogP contribution in [0, 0.1) is 0 Å². The smallest absolute Gasteiger partial charge is 0.303 e. The number of nitrogens with one attached hydrogen (secondary N) is 1. The van der Waals surface area contributed by atoms with Gasteiger partial charge in [-0.1, -0.05) is 6.92 Å². The molecule has 0 unspecified atom stereocenters. The standard InChI is InChI=1S/C16H21N5O6S/c1-4-28-5-9-11(25-7(2)22)12(26-8(3)23)15(27-9)21-6-18-10-13(21)19-16(17)20-14(10)24/h6,9,11-12,15H,4-5H2,1-3H3,(H3,17,19,20,24)/t9-,11-,12-,15-/m1/s1. The SMILES string of the molecule is CCSC[C@H]1O[C@@H](n2cnc3c(=O)[nH]c(N)nc32)[C@H](OC(C)=O)[C@@H]1OC(C)=O.